The number of hydrogen-bond donors (Lipinski definition) is 3. The first-order chi connectivity index (χ1) is 14.9. The molecule has 2 amide bonds. The van der Waals surface area contributed by atoms with Gasteiger partial charge < -0.3 is 16.0 Å². The zero-order valence-electron chi connectivity index (χ0n) is 17.8. The molecule has 3 rings (SSSR count). The standard InChI is InChI=1S/C22H28ClN5O3/c1-14-11-26-28(8-7-20(29)27-18-5-6-18)22(31)19(14)10-21(30)25-13-16-9-17(23)4-3-15(16)12-24-2/h3-4,9,11,18,24H,5-8,10,12-13H2,1-2H3,(H,25,30)(H,27,29). The molecule has 0 bridgehead atoms. The van der Waals surface area contributed by atoms with Crippen molar-refractivity contribution < 1.29 is 9.59 Å². The lowest BCUT2D eigenvalue weighted by Gasteiger charge is -2.12. The number of carbonyl (C=O) groups is 2. The van der Waals surface area contributed by atoms with Gasteiger partial charge in [0.15, 0.2) is 0 Å². The Hall–Kier alpha value is -2.71. The first kappa shape index (κ1) is 23.0. The molecule has 1 aliphatic carbocycles. The fourth-order valence-electron chi connectivity index (χ4n) is 3.26. The third-order valence-corrected chi connectivity index (χ3v) is 5.44. The molecule has 1 aliphatic rings. The zero-order chi connectivity index (χ0) is 22.4. The summed E-state index contributed by atoms with van der Waals surface area (Å²) < 4.78 is 1.25. The highest BCUT2D eigenvalue weighted by Crippen LogP contribution is 2.18. The molecule has 0 aliphatic heterocycles. The molecule has 1 aromatic carbocycles. The number of rotatable bonds is 10. The van der Waals surface area contributed by atoms with Crippen LogP contribution in [0.15, 0.2) is 29.2 Å². The number of hydrogen-bond acceptors (Lipinski definition) is 5. The summed E-state index contributed by atoms with van der Waals surface area (Å²) in [6.45, 7) is 2.91. The predicted molar refractivity (Wildman–Crippen MR) is 119 cm³/mol. The van der Waals surface area contributed by atoms with E-state index in [1.165, 1.54) is 4.68 Å². The third kappa shape index (κ3) is 6.63. The van der Waals surface area contributed by atoms with Crippen LogP contribution in [0.25, 0.3) is 0 Å². The molecular formula is C22H28ClN5O3. The maximum absolute atomic E-state index is 12.8. The normalized spacial score (nSPS) is 13.1. The van der Waals surface area contributed by atoms with Crippen molar-refractivity contribution in [2.75, 3.05) is 7.05 Å². The Morgan fingerprint density at radius 1 is 1.19 bits per heavy atom. The Bertz CT molecular complexity index is 1020. The highest BCUT2D eigenvalue weighted by atomic mass is 35.5. The number of aromatic nitrogens is 2. The average Bonchev–Trinajstić information content (AvgIpc) is 3.54. The monoisotopic (exact) mass is 445 g/mol. The molecule has 31 heavy (non-hydrogen) atoms. The second kappa shape index (κ2) is 10.5. The number of carbonyl (C=O) groups excluding carboxylic acids is 2. The van der Waals surface area contributed by atoms with Gasteiger partial charge in [-0.05, 0) is 55.6 Å². The van der Waals surface area contributed by atoms with Crippen LogP contribution >= 0.6 is 11.6 Å². The van der Waals surface area contributed by atoms with Gasteiger partial charge in [0.05, 0.1) is 19.2 Å². The van der Waals surface area contributed by atoms with Gasteiger partial charge in [-0.3, -0.25) is 14.4 Å². The number of amides is 2. The molecule has 8 nitrogen and oxygen atoms in total. The van der Waals surface area contributed by atoms with Gasteiger partial charge in [-0.1, -0.05) is 17.7 Å². The Balaban J connectivity index is 1.62. The second-order valence-electron chi connectivity index (χ2n) is 7.82. The molecule has 0 radical (unpaired) electrons. The summed E-state index contributed by atoms with van der Waals surface area (Å²) in [5.74, 6) is -0.352. The van der Waals surface area contributed by atoms with Gasteiger partial charge in [0, 0.05) is 36.1 Å². The number of aryl methyl sites for hydroxylation is 2. The van der Waals surface area contributed by atoms with Crippen LogP contribution in [0.5, 0.6) is 0 Å². The van der Waals surface area contributed by atoms with Crippen molar-refractivity contribution in [3.63, 3.8) is 0 Å². The van der Waals surface area contributed by atoms with Crippen molar-refractivity contribution in [3.8, 4) is 0 Å². The van der Waals surface area contributed by atoms with E-state index < -0.39 is 0 Å². The fraction of sp³-hybridized carbons (Fsp3) is 0.455. The largest absolute Gasteiger partial charge is 0.353 e. The second-order valence-corrected chi connectivity index (χ2v) is 8.26. The molecule has 1 fully saturated rings. The van der Waals surface area contributed by atoms with Gasteiger partial charge in [-0.15, -0.1) is 0 Å². The quantitative estimate of drug-likeness (QED) is 0.513. The predicted octanol–water partition coefficient (Wildman–Crippen LogP) is 1.45. The smallest absolute Gasteiger partial charge is 0.270 e. The summed E-state index contributed by atoms with van der Waals surface area (Å²) in [6, 6.07) is 5.84. The van der Waals surface area contributed by atoms with Crippen LogP contribution in [0.1, 0.15) is 41.5 Å². The number of nitrogens with zero attached hydrogens (tertiary/aromatic N) is 2. The fourth-order valence-corrected chi connectivity index (χ4v) is 3.45. The minimum absolute atomic E-state index is 0.0522. The van der Waals surface area contributed by atoms with E-state index in [1.807, 2.05) is 25.2 Å². The van der Waals surface area contributed by atoms with E-state index in [0.29, 0.717) is 29.2 Å². The van der Waals surface area contributed by atoms with Crippen LogP contribution in [-0.4, -0.2) is 34.7 Å². The lowest BCUT2D eigenvalue weighted by Crippen LogP contribution is -2.34. The molecule has 0 atom stereocenters. The van der Waals surface area contributed by atoms with E-state index in [2.05, 4.69) is 21.0 Å². The number of halogens is 1. The van der Waals surface area contributed by atoms with Crippen molar-refractivity contribution in [2.45, 2.75) is 58.3 Å². The van der Waals surface area contributed by atoms with Crippen LogP contribution in [0, 0.1) is 6.92 Å². The lowest BCUT2D eigenvalue weighted by atomic mass is 10.1. The van der Waals surface area contributed by atoms with E-state index in [-0.39, 0.29) is 42.8 Å². The molecule has 1 saturated carbocycles. The Morgan fingerprint density at radius 3 is 2.68 bits per heavy atom. The SMILES string of the molecule is CNCc1ccc(Cl)cc1CNC(=O)Cc1c(C)cnn(CCC(=O)NC2CC2)c1=O. The molecule has 1 heterocycles. The van der Waals surface area contributed by atoms with Gasteiger partial charge in [0.2, 0.25) is 11.8 Å². The van der Waals surface area contributed by atoms with E-state index in [9.17, 15) is 14.4 Å². The summed E-state index contributed by atoms with van der Waals surface area (Å²) in [5.41, 5.74) is 2.65. The van der Waals surface area contributed by atoms with Crippen molar-refractivity contribution >= 4 is 23.4 Å². The third-order valence-electron chi connectivity index (χ3n) is 5.20. The molecule has 0 spiro atoms. The van der Waals surface area contributed by atoms with E-state index >= 15 is 0 Å². The molecule has 1 aromatic heterocycles. The summed E-state index contributed by atoms with van der Waals surface area (Å²) in [6.07, 6.45) is 3.72. The minimum Gasteiger partial charge on any atom is -0.353 e. The van der Waals surface area contributed by atoms with Crippen LogP contribution < -0.4 is 21.5 Å². The number of benzene rings is 1. The first-order valence-electron chi connectivity index (χ1n) is 10.4. The summed E-state index contributed by atoms with van der Waals surface area (Å²) in [4.78, 5) is 37.2. The van der Waals surface area contributed by atoms with E-state index in [4.69, 9.17) is 11.6 Å². The maximum Gasteiger partial charge on any atom is 0.270 e. The molecular weight excluding hydrogens is 418 g/mol. The first-order valence-corrected chi connectivity index (χ1v) is 10.8. The highest BCUT2D eigenvalue weighted by molar-refractivity contribution is 6.30. The van der Waals surface area contributed by atoms with Crippen molar-refractivity contribution in [3.05, 3.63) is 62.0 Å². The topological polar surface area (TPSA) is 105 Å². The van der Waals surface area contributed by atoms with Crippen LogP contribution in [-0.2, 0) is 35.6 Å². The summed E-state index contributed by atoms with van der Waals surface area (Å²) in [7, 11) is 1.85. The number of nitrogens with one attached hydrogen (secondary N) is 3. The van der Waals surface area contributed by atoms with Crippen LogP contribution in [0.2, 0.25) is 5.02 Å². The Morgan fingerprint density at radius 2 is 1.97 bits per heavy atom. The molecule has 0 unspecified atom stereocenters. The van der Waals surface area contributed by atoms with Crippen molar-refractivity contribution in [2.24, 2.45) is 0 Å². The molecule has 9 heteroatoms. The summed E-state index contributed by atoms with van der Waals surface area (Å²) >= 11 is 6.09. The zero-order valence-corrected chi connectivity index (χ0v) is 18.6. The van der Waals surface area contributed by atoms with Gasteiger partial charge in [0.25, 0.3) is 5.56 Å². The van der Waals surface area contributed by atoms with Crippen molar-refractivity contribution in [1.29, 1.82) is 0 Å². The minimum atomic E-state index is -0.340. The van der Waals surface area contributed by atoms with Crippen LogP contribution in [0.3, 0.4) is 0 Å². The molecule has 0 saturated heterocycles. The average molecular weight is 446 g/mol. The molecule has 3 N–H and O–H groups in total. The van der Waals surface area contributed by atoms with Gasteiger partial charge in [-0.25, -0.2) is 4.68 Å². The van der Waals surface area contributed by atoms with Crippen molar-refractivity contribution in [1.82, 2.24) is 25.7 Å². The van der Waals surface area contributed by atoms with Gasteiger partial charge in [-0.2, -0.15) is 5.10 Å². The van der Waals surface area contributed by atoms with Gasteiger partial charge in [0.1, 0.15) is 0 Å². The highest BCUT2D eigenvalue weighted by Gasteiger charge is 2.23. The van der Waals surface area contributed by atoms with E-state index in [1.54, 1.807) is 13.1 Å². The molecule has 166 valence electrons. The Labute approximate surface area is 186 Å². The van der Waals surface area contributed by atoms with Crippen LogP contribution in [0.4, 0.5) is 0 Å². The molecule has 2 aromatic rings. The van der Waals surface area contributed by atoms with E-state index in [0.717, 1.165) is 24.0 Å². The maximum atomic E-state index is 12.8. The lowest BCUT2D eigenvalue weighted by molar-refractivity contribution is -0.122. The Kier molecular flexibility index (Phi) is 7.81. The summed E-state index contributed by atoms with van der Waals surface area (Å²) in [5, 5.41) is 13.6. The van der Waals surface area contributed by atoms with Gasteiger partial charge >= 0.3 is 0 Å².